The van der Waals surface area contributed by atoms with Gasteiger partial charge in [-0.05, 0) is 42.1 Å². The maximum atomic E-state index is 2.35. The average Bonchev–Trinajstić information content (AvgIpc) is 1.94. The van der Waals surface area contributed by atoms with E-state index in [2.05, 4.69) is 60.2 Å². The van der Waals surface area contributed by atoms with Crippen molar-refractivity contribution in [3.63, 3.8) is 0 Å². The first-order chi connectivity index (χ1) is 6.14. The molecule has 0 fully saturated rings. The maximum Gasteiger partial charge on any atom is 0.0366 e. The highest BCUT2D eigenvalue weighted by Crippen LogP contribution is 2.58. The van der Waals surface area contributed by atoms with Crippen LogP contribution in [-0.4, -0.2) is 4.75 Å². The van der Waals surface area contributed by atoms with Crippen molar-refractivity contribution in [2.24, 2.45) is 11.3 Å². The van der Waals surface area contributed by atoms with Gasteiger partial charge in [-0.1, -0.05) is 34.6 Å². The van der Waals surface area contributed by atoms with Gasteiger partial charge in [0, 0.05) is 4.75 Å². The third kappa shape index (κ3) is 2.36. The third-order valence-electron chi connectivity index (χ3n) is 2.65. The Balaban J connectivity index is 2.92. The Morgan fingerprint density at radius 3 is 2.00 bits per heavy atom. The normalized spacial score (nSPS) is 21.4. The molecule has 0 aromatic carbocycles. The van der Waals surface area contributed by atoms with Crippen LogP contribution in [0.1, 0.15) is 54.9 Å². The minimum atomic E-state index is 0.352. The van der Waals surface area contributed by atoms with Gasteiger partial charge in [0.25, 0.3) is 0 Å². The molecule has 0 saturated heterocycles. The van der Waals surface area contributed by atoms with E-state index in [-0.39, 0.29) is 0 Å². The zero-order valence-corrected chi connectivity index (χ0v) is 11.5. The van der Waals surface area contributed by atoms with Crippen LogP contribution in [0.15, 0.2) is 10.5 Å². The highest BCUT2D eigenvalue weighted by Gasteiger charge is 2.42. The van der Waals surface area contributed by atoms with Crippen molar-refractivity contribution in [3.8, 4) is 0 Å². The van der Waals surface area contributed by atoms with Crippen LogP contribution < -0.4 is 0 Å². The summed E-state index contributed by atoms with van der Waals surface area (Å²) in [4.78, 5) is 1.64. The van der Waals surface area contributed by atoms with Gasteiger partial charge in [0.05, 0.1) is 0 Å². The van der Waals surface area contributed by atoms with E-state index >= 15 is 0 Å². The van der Waals surface area contributed by atoms with Gasteiger partial charge in [0.2, 0.25) is 0 Å². The summed E-state index contributed by atoms with van der Waals surface area (Å²) in [6.45, 7) is 16.3. The summed E-state index contributed by atoms with van der Waals surface area (Å²) in [6, 6.07) is 0. The maximum absolute atomic E-state index is 2.35. The van der Waals surface area contributed by atoms with Gasteiger partial charge in [-0.2, -0.15) is 0 Å². The standard InChI is InChI=1S/C13H24S/c1-9(2)8-10-11(12(3,4)5)14-13(10,6)7/h9H,8H2,1-7H3. The quantitative estimate of drug-likeness (QED) is 0.630. The number of allylic oxidation sites excluding steroid dienone is 1. The van der Waals surface area contributed by atoms with E-state index in [1.54, 1.807) is 10.5 Å². The molecule has 0 atom stereocenters. The Morgan fingerprint density at radius 2 is 1.71 bits per heavy atom. The number of thioether (sulfide) groups is 1. The first kappa shape index (κ1) is 12.2. The van der Waals surface area contributed by atoms with E-state index in [1.165, 1.54) is 6.42 Å². The molecule has 0 aromatic rings. The van der Waals surface area contributed by atoms with E-state index in [4.69, 9.17) is 0 Å². The predicted octanol–water partition coefficient (Wildman–Crippen LogP) is 4.86. The van der Waals surface area contributed by atoms with Crippen molar-refractivity contribution in [2.75, 3.05) is 0 Å². The zero-order chi connectivity index (χ0) is 11.1. The monoisotopic (exact) mass is 212 g/mol. The van der Waals surface area contributed by atoms with Crippen LogP contribution in [0, 0.1) is 11.3 Å². The summed E-state index contributed by atoms with van der Waals surface area (Å²) >= 11 is 2.07. The summed E-state index contributed by atoms with van der Waals surface area (Å²) in [5, 5.41) is 0. The molecule has 0 nitrogen and oxygen atoms in total. The van der Waals surface area contributed by atoms with E-state index in [0.717, 1.165) is 5.92 Å². The molecular weight excluding hydrogens is 188 g/mol. The lowest BCUT2D eigenvalue weighted by atomic mass is 9.84. The second-order valence-corrected chi connectivity index (χ2v) is 7.90. The van der Waals surface area contributed by atoms with Crippen LogP contribution in [0.5, 0.6) is 0 Å². The molecule has 1 aliphatic heterocycles. The molecule has 0 unspecified atom stereocenters. The molecule has 82 valence electrons. The fourth-order valence-electron chi connectivity index (χ4n) is 1.96. The van der Waals surface area contributed by atoms with Crippen LogP contribution in [0.4, 0.5) is 0 Å². The Kier molecular flexibility index (Phi) is 3.12. The average molecular weight is 212 g/mol. The molecule has 0 N–H and O–H groups in total. The van der Waals surface area contributed by atoms with Crippen molar-refractivity contribution in [1.29, 1.82) is 0 Å². The SMILES string of the molecule is CC(C)CC1=C(C(C)(C)C)SC1(C)C. The minimum Gasteiger partial charge on any atom is -0.119 e. The van der Waals surface area contributed by atoms with Crippen molar-refractivity contribution < 1.29 is 0 Å². The molecule has 0 saturated carbocycles. The van der Waals surface area contributed by atoms with Crippen molar-refractivity contribution >= 4 is 11.8 Å². The van der Waals surface area contributed by atoms with Crippen molar-refractivity contribution in [3.05, 3.63) is 10.5 Å². The summed E-state index contributed by atoms with van der Waals surface area (Å²) in [5.74, 6) is 0.780. The summed E-state index contributed by atoms with van der Waals surface area (Å²) in [6.07, 6.45) is 1.27. The highest BCUT2D eigenvalue weighted by atomic mass is 32.2. The van der Waals surface area contributed by atoms with Gasteiger partial charge in [-0.25, -0.2) is 0 Å². The summed E-state index contributed by atoms with van der Waals surface area (Å²) < 4.78 is 0.396. The van der Waals surface area contributed by atoms with Gasteiger partial charge in [-0.3, -0.25) is 0 Å². The fraction of sp³-hybridized carbons (Fsp3) is 0.846. The molecule has 0 bridgehead atoms. The van der Waals surface area contributed by atoms with Gasteiger partial charge < -0.3 is 0 Å². The smallest absolute Gasteiger partial charge is 0.0366 e. The molecule has 14 heavy (non-hydrogen) atoms. The summed E-state index contributed by atoms with van der Waals surface area (Å²) in [5.41, 5.74) is 2.05. The van der Waals surface area contributed by atoms with Gasteiger partial charge >= 0.3 is 0 Å². The molecule has 1 heterocycles. The lowest BCUT2D eigenvalue weighted by Crippen LogP contribution is -2.34. The van der Waals surface area contributed by atoms with Crippen molar-refractivity contribution in [2.45, 2.75) is 59.6 Å². The Bertz CT molecular complexity index is 251. The third-order valence-corrected chi connectivity index (χ3v) is 4.47. The minimum absolute atomic E-state index is 0.352. The molecule has 1 rings (SSSR count). The molecule has 1 aliphatic rings. The molecule has 0 amide bonds. The summed E-state index contributed by atoms with van der Waals surface area (Å²) in [7, 11) is 0. The molecular formula is C13H24S. The second-order valence-electron chi connectivity index (χ2n) is 6.27. The first-order valence-electron chi connectivity index (χ1n) is 5.57. The number of hydrogen-bond acceptors (Lipinski definition) is 1. The predicted molar refractivity (Wildman–Crippen MR) is 67.6 cm³/mol. The lowest BCUT2D eigenvalue weighted by molar-refractivity contribution is 0.492. The molecule has 0 spiro atoms. The van der Waals surface area contributed by atoms with E-state index in [0.29, 0.717) is 10.2 Å². The van der Waals surface area contributed by atoms with E-state index in [1.807, 2.05) is 0 Å². The van der Waals surface area contributed by atoms with Gasteiger partial charge in [0.15, 0.2) is 0 Å². The Morgan fingerprint density at radius 1 is 1.21 bits per heavy atom. The van der Waals surface area contributed by atoms with Crippen molar-refractivity contribution in [1.82, 2.24) is 0 Å². The van der Waals surface area contributed by atoms with Crippen LogP contribution in [0.2, 0.25) is 0 Å². The van der Waals surface area contributed by atoms with Gasteiger partial charge in [-0.15, -0.1) is 11.8 Å². The molecule has 0 aromatic heterocycles. The number of hydrogen-bond donors (Lipinski definition) is 0. The topological polar surface area (TPSA) is 0 Å². The second kappa shape index (κ2) is 3.59. The van der Waals surface area contributed by atoms with Crippen LogP contribution >= 0.6 is 11.8 Å². The van der Waals surface area contributed by atoms with E-state index < -0.39 is 0 Å². The van der Waals surface area contributed by atoms with Crippen LogP contribution in [-0.2, 0) is 0 Å². The highest BCUT2D eigenvalue weighted by molar-refractivity contribution is 8.06. The van der Waals surface area contributed by atoms with Gasteiger partial charge in [0.1, 0.15) is 0 Å². The van der Waals surface area contributed by atoms with E-state index in [9.17, 15) is 0 Å². The first-order valence-corrected chi connectivity index (χ1v) is 6.39. The largest absolute Gasteiger partial charge is 0.119 e. The van der Waals surface area contributed by atoms with Crippen LogP contribution in [0.25, 0.3) is 0 Å². The number of rotatable bonds is 2. The van der Waals surface area contributed by atoms with Crippen LogP contribution in [0.3, 0.4) is 0 Å². The Labute approximate surface area is 93.5 Å². The molecule has 0 radical (unpaired) electrons. The Hall–Kier alpha value is 0.0900. The molecule has 0 aliphatic carbocycles. The zero-order valence-electron chi connectivity index (χ0n) is 10.7. The fourth-order valence-corrected chi connectivity index (χ4v) is 3.39. The molecule has 1 heteroatoms. The lowest BCUT2D eigenvalue weighted by Gasteiger charge is -2.46.